The summed E-state index contributed by atoms with van der Waals surface area (Å²) in [6, 6.07) is 11.8. The van der Waals surface area contributed by atoms with Gasteiger partial charge in [-0.15, -0.1) is 0 Å². The van der Waals surface area contributed by atoms with Crippen LogP contribution < -0.4 is 5.32 Å². The third-order valence-corrected chi connectivity index (χ3v) is 8.18. The van der Waals surface area contributed by atoms with Crippen LogP contribution in [0.25, 0.3) is 11.3 Å². The number of aryl methyl sites for hydroxylation is 1. The molecule has 0 radical (unpaired) electrons. The highest BCUT2D eigenvalue weighted by atomic mass is 32.2. The van der Waals surface area contributed by atoms with E-state index in [0.717, 1.165) is 61.5 Å². The number of piperidine rings is 1. The quantitative estimate of drug-likeness (QED) is 0.379. The highest BCUT2D eigenvalue weighted by Crippen LogP contribution is 2.31. The monoisotopic (exact) mass is 523 g/mol. The van der Waals surface area contributed by atoms with Crippen LogP contribution in [0.4, 0.5) is 5.82 Å². The van der Waals surface area contributed by atoms with Crippen molar-refractivity contribution in [1.82, 2.24) is 28.7 Å². The second-order valence-corrected chi connectivity index (χ2v) is 10.8. The van der Waals surface area contributed by atoms with Crippen LogP contribution in [-0.2, 0) is 11.0 Å². The van der Waals surface area contributed by atoms with E-state index in [9.17, 15) is 9.00 Å². The molecule has 3 N–H and O–H groups in total. The molecule has 4 aromatic rings. The van der Waals surface area contributed by atoms with Gasteiger partial charge in [-0.25, -0.2) is 22.7 Å². The molecular formula is C26H33N7O3S. The zero-order chi connectivity index (χ0) is 25.1. The zero-order valence-corrected chi connectivity index (χ0v) is 21.9. The summed E-state index contributed by atoms with van der Waals surface area (Å²) in [5.41, 5.74) is 3.86. The van der Waals surface area contributed by atoms with Crippen molar-refractivity contribution < 1.29 is 14.5 Å². The van der Waals surface area contributed by atoms with Gasteiger partial charge in [0.05, 0.1) is 28.6 Å². The number of nitrogens with zero attached hydrogens (tertiary/aromatic N) is 6. The van der Waals surface area contributed by atoms with Crippen LogP contribution in [0.15, 0.2) is 55.0 Å². The Balaban J connectivity index is 0.00000320. The molecule has 1 unspecified atom stereocenters. The van der Waals surface area contributed by atoms with Crippen molar-refractivity contribution in [3.05, 3.63) is 71.8 Å². The van der Waals surface area contributed by atoms with Crippen LogP contribution in [0.3, 0.4) is 0 Å². The van der Waals surface area contributed by atoms with E-state index in [1.807, 2.05) is 37.3 Å². The van der Waals surface area contributed by atoms with Gasteiger partial charge < -0.3 is 10.8 Å². The van der Waals surface area contributed by atoms with Gasteiger partial charge in [0.2, 0.25) is 0 Å². The van der Waals surface area contributed by atoms with Crippen molar-refractivity contribution in [3.8, 4) is 5.69 Å². The fourth-order valence-corrected chi connectivity index (χ4v) is 5.91. The van der Waals surface area contributed by atoms with E-state index in [1.165, 1.54) is 6.20 Å². The predicted molar refractivity (Wildman–Crippen MR) is 144 cm³/mol. The van der Waals surface area contributed by atoms with Gasteiger partial charge in [-0.2, -0.15) is 10.2 Å². The lowest BCUT2D eigenvalue weighted by molar-refractivity contribution is 0.102. The molecule has 0 saturated carbocycles. The first-order valence-corrected chi connectivity index (χ1v) is 13.7. The molecule has 196 valence electrons. The minimum absolute atomic E-state index is 0. The minimum atomic E-state index is -0.909. The van der Waals surface area contributed by atoms with E-state index in [0.29, 0.717) is 17.0 Å². The number of hydrogen-bond donors (Lipinski definition) is 1. The number of carbonyl (C=O) groups excluding carboxylic acids is 1. The maximum absolute atomic E-state index is 13.2. The Hall–Kier alpha value is -3.41. The SMILES string of the molecule is CCCCS(=O)N1CCC(c2cc(NC(=O)c3cnn4cccnc34)n(-c3ccc(C)cc3)n2)CC1.O. The van der Waals surface area contributed by atoms with Crippen LogP contribution in [0, 0.1) is 6.92 Å². The Labute approximate surface area is 218 Å². The summed E-state index contributed by atoms with van der Waals surface area (Å²) in [4.78, 5) is 17.5. The third kappa shape index (κ3) is 5.79. The third-order valence-electron chi connectivity index (χ3n) is 6.61. The number of anilines is 1. The maximum atomic E-state index is 13.2. The Morgan fingerprint density at radius 1 is 1.19 bits per heavy atom. The van der Waals surface area contributed by atoms with Crippen molar-refractivity contribution in [3.63, 3.8) is 0 Å². The Morgan fingerprint density at radius 3 is 2.68 bits per heavy atom. The molecule has 1 fully saturated rings. The lowest BCUT2D eigenvalue weighted by Gasteiger charge is -2.30. The van der Waals surface area contributed by atoms with Gasteiger partial charge in [0, 0.05) is 43.2 Å². The number of unbranched alkanes of at least 4 members (excludes halogenated alkanes) is 1. The Bertz CT molecular complexity index is 1370. The van der Waals surface area contributed by atoms with Gasteiger partial charge in [0.25, 0.3) is 5.91 Å². The largest absolute Gasteiger partial charge is 0.412 e. The number of benzene rings is 1. The molecule has 11 heteroatoms. The van der Waals surface area contributed by atoms with Crippen molar-refractivity contribution >= 4 is 28.4 Å². The van der Waals surface area contributed by atoms with Gasteiger partial charge >= 0.3 is 0 Å². The summed E-state index contributed by atoms with van der Waals surface area (Å²) in [6.45, 7) is 5.73. The number of amides is 1. The smallest absolute Gasteiger partial charge is 0.262 e. The molecule has 4 heterocycles. The van der Waals surface area contributed by atoms with Crippen molar-refractivity contribution in [2.45, 2.75) is 45.4 Å². The Morgan fingerprint density at radius 2 is 1.95 bits per heavy atom. The molecule has 1 aliphatic heterocycles. The molecule has 10 nitrogen and oxygen atoms in total. The summed E-state index contributed by atoms with van der Waals surface area (Å²) in [5, 5.41) is 12.2. The molecule has 1 amide bonds. The molecule has 0 bridgehead atoms. The van der Waals surface area contributed by atoms with Crippen molar-refractivity contribution in [2.24, 2.45) is 0 Å². The van der Waals surface area contributed by atoms with E-state index in [1.54, 1.807) is 27.7 Å². The molecule has 37 heavy (non-hydrogen) atoms. The normalized spacial score (nSPS) is 15.4. The summed E-state index contributed by atoms with van der Waals surface area (Å²) in [6.07, 6.45) is 8.73. The predicted octanol–water partition coefficient (Wildman–Crippen LogP) is 3.29. The number of carbonyl (C=O) groups is 1. The summed E-state index contributed by atoms with van der Waals surface area (Å²) in [5.74, 6) is 1.29. The summed E-state index contributed by atoms with van der Waals surface area (Å²) >= 11 is 0. The number of aromatic nitrogens is 5. The second-order valence-electron chi connectivity index (χ2n) is 9.18. The number of fused-ring (bicyclic) bond motifs is 1. The lowest BCUT2D eigenvalue weighted by atomic mass is 9.95. The van der Waals surface area contributed by atoms with Gasteiger partial charge in [0.15, 0.2) is 5.65 Å². The van der Waals surface area contributed by atoms with Crippen LogP contribution in [0.1, 0.15) is 60.1 Å². The summed E-state index contributed by atoms with van der Waals surface area (Å²) < 4.78 is 18.0. The first-order valence-electron chi connectivity index (χ1n) is 12.4. The van der Waals surface area contributed by atoms with Crippen molar-refractivity contribution in [2.75, 3.05) is 24.2 Å². The van der Waals surface area contributed by atoms with E-state index < -0.39 is 11.0 Å². The fraction of sp³-hybridized carbons (Fsp3) is 0.385. The second kappa shape index (κ2) is 11.8. The number of hydrogen-bond acceptors (Lipinski definition) is 5. The molecule has 1 saturated heterocycles. The summed E-state index contributed by atoms with van der Waals surface area (Å²) in [7, 11) is -0.909. The van der Waals surface area contributed by atoms with Gasteiger partial charge in [-0.1, -0.05) is 31.0 Å². The average Bonchev–Trinajstić information content (AvgIpc) is 3.52. The topological polar surface area (TPSA) is 129 Å². The maximum Gasteiger partial charge on any atom is 0.262 e. The molecule has 5 rings (SSSR count). The fourth-order valence-electron chi connectivity index (χ4n) is 4.49. The number of rotatable bonds is 8. The Kier molecular flexibility index (Phi) is 8.47. The molecular weight excluding hydrogens is 490 g/mol. The minimum Gasteiger partial charge on any atom is -0.412 e. The highest BCUT2D eigenvalue weighted by molar-refractivity contribution is 7.82. The molecule has 1 aliphatic rings. The van der Waals surface area contributed by atoms with Gasteiger partial charge in [-0.3, -0.25) is 4.79 Å². The first-order chi connectivity index (χ1) is 17.5. The van der Waals surface area contributed by atoms with Crippen LogP contribution in [-0.4, -0.2) is 63.1 Å². The molecule has 0 spiro atoms. The average molecular weight is 524 g/mol. The van der Waals surface area contributed by atoms with Gasteiger partial charge in [0.1, 0.15) is 11.4 Å². The van der Waals surface area contributed by atoms with Crippen LogP contribution >= 0.6 is 0 Å². The van der Waals surface area contributed by atoms with Crippen LogP contribution in [0.5, 0.6) is 0 Å². The van der Waals surface area contributed by atoms with E-state index >= 15 is 0 Å². The highest BCUT2D eigenvalue weighted by Gasteiger charge is 2.27. The van der Waals surface area contributed by atoms with Crippen molar-refractivity contribution in [1.29, 1.82) is 0 Å². The van der Waals surface area contributed by atoms with E-state index in [2.05, 4.69) is 26.6 Å². The van der Waals surface area contributed by atoms with E-state index in [-0.39, 0.29) is 17.3 Å². The lowest BCUT2D eigenvalue weighted by Crippen LogP contribution is -2.35. The first kappa shape index (κ1) is 26.6. The molecule has 1 atom stereocenters. The number of nitrogens with one attached hydrogen (secondary N) is 1. The van der Waals surface area contributed by atoms with Gasteiger partial charge in [-0.05, 0) is 44.4 Å². The molecule has 1 aromatic carbocycles. The van der Waals surface area contributed by atoms with E-state index in [4.69, 9.17) is 5.10 Å². The van der Waals surface area contributed by atoms with Crippen LogP contribution in [0.2, 0.25) is 0 Å². The molecule has 3 aromatic heterocycles. The zero-order valence-electron chi connectivity index (χ0n) is 21.1. The standard InChI is InChI=1S/C26H31N7O2S.H2O/c1-3-4-16-36(35)31-14-10-20(11-15-31)23-17-24(33(30-23)21-8-6-19(2)7-9-21)29-26(34)22-18-28-32-13-5-12-27-25(22)32;/h5-9,12-13,17-18,20H,3-4,10-11,14-16H2,1-2H3,(H,29,34);1H2. The molecule has 0 aliphatic carbocycles.